The Morgan fingerprint density at radius 3 is 2.82 bits per heavy atom. The first kappa shape index (κ1) is 12.8. The second-order valence-corrected chi connectivity index (χ2v) is 6.43. The van der Waals surface area contributed by atoms with Crippen molar-refractivity contribution in [3.63, 3.8) is 0 Å². The van der Waals surface area contributed by atoms with Crippen molar-refractivity contribution in [3.8, 4) is 0 Å². The average Bonchev–Trinajstić information content (AvgIpc) is 2.95. The minimum absolute atomic E-state index is 0.652. The van der Waals surface area contributed by atoms with E-state index >= 15 is 0 Å². The molecule has 0 atom stereocenters. The summed E-state index contributed by atoms with van der Waals surface area (Å²) in [5.41, 5.74) is 0. The third kappa shape index (κ3) is 3.68. The third-order valence-electron chi connectivity index (χ3n) is 1.87. The number of aryl methyl sites for hydroxylation is 1. The van der Waals surface area contributed by atoms with Crippen molar-refractivity contribution in [2.24, 2.45) is 0 Å². The van der Waals surface area contributed by atoms with Crippen LogP contribution in [-0.4, -0.2) is 26.6 Å². The van der Waals surface area contributed by atoms with E-state index in [2.05, 4.69) is 27.3 Å². The van der Waals surface area contributed by atoms with Gasteiger partial charge in [0.25, 0.3) is 0 Å². The molecule has 0 amide bonds. The SMILES string of the molecule is CCCc1noc(CSc2nnc(SC)s2)n1. The van der Waals surface area contributed by atoms with Crippen LogP contribution in [0.1, 0.15) is 25.1 Å². The molecule has 2 aromatic heterocycles. The summed E-state index contributed by atoms with van der Waals surface area (Å²) in [6, 6.07) is 0. The van der Waals surface area contributed by atoms with Crippen LogP contribution >= 0.6 is 34.9 Å². The van der Waals surface area contributed by atoms with E-state index < -0.39 is 0 Å². The monoisotopic (exact) mass is 288 g/mol. The molecule has 0 aliphatic rings. The van der Waals surface area contributed by atoms with Gasteiger partial charge in [-0.3, -0.25) is 0 Å². The highest BCUT2D eigenvalue weighted by molar-refractivity contribution is 8.02. The molecule has 0 N–H and O–H groups in total. The largest absolute Gasteiger partial charge is 0.338 e. The Hall–Kier alpha value is -0.600. The Balaban J connectivity index is 1.88. The van der Waals surface area contributed by atoms with Gasteiger partial charge < -0.3 is 4.52 Å². The summed E-state index contributed by atoms with van der Waals surface area (Å²) in [5, 5.41) is 12.0. The van der Waals surface area contributed by atoms with Gasteiger partial charge in [-0.05, 0) is 12.7 Å². The van der Waals surface area contributed by atoms with E-state index in [9.17, 15) is 0 Å². The minimum Gasteiger partial charge on any atom is -0.338 e. The molecule has 2 heterocycles. The molecule has 5 nitrogen and oxygen atoms in total. The predicted octanol–water partition coefficient (Wildman–Crippen LogP) is 2.89. The highest BCUT2D eigenvalue weighted by Crippen LogP contribution is 2.29. The molecule has 0 unspecified atom stereocenters. The lowest BCUT2D eigenvalue weighted by molar-refractivity contribution is 0.384. The van der Waals surface area contributed by atoms with Crippen LogP contribution < -0.4 is 0 Å². The van der Waals surface area contributed by atoms with Gasteiger partial charge in [-0.25, -0.2) is 0 Å². The second-order valence-electron chi connectivity index (χ2n) is 3.18. The van der Waals surface area contributed by atoms with E-state index in [4.69, 9.17) is 4.52 Å². The third-order valence-corrected chi connectivity index (χ3v) is 4.88. The number of hydrogen-bond donors (Lipinski definition) is 0. The summed E-state index contributed by atoms with van der Waals surface area (Å²) in [6.07, 6.45) is 3.88. The van der Waals surface area contributed by atoms with Crippen molar-refractivity contribution in [3.05, 3.63) is 11.7 Å². The minimum atomic E-state index is 0.652. The van der Waals surface area contributed by atoms with Gasteiger partial charge in [-0.2, -0.15) is 4.98 Å². The lowest BCUT2D eigenvalue weighted by Crippen LogP contribution is -1.86. The van der Waals surface area contributed by atoms with Crippen molar-refractivity contribution in [1.82, 2.24) is 20.3 Å². The summed E-state index contributed by atoms with van der Waals surface area (Å²) in [6.45, 7) is 2.09. The number of thioether (sulfide) groups is 2. The molecular weight excluding hydrogens is 276 g/mol. The topological polar surface area (TPSA) is 64.7 Å². The Morgan fingerprint density at radius 2 is 2.12 bits per heavy atom. The summed E-state index contributed by atoms with van der Waals surface area (Å²) < 4.78 is 7.05. The molecule has 17 heavy (non-hydrogen) atoms. The van der Waals surface area contributed by atoms with Crippen LogP contribution in [0.25, 0.3) is 0 Å². The van der Waals surface area contributed by atoms with Gasteiger partial charge in [0.15, 0.2) is 14.5 Å². The molecule has 92 valence electrons. The number of hydrogen-bond acceptors (Lipinski definition) is 8. The van der Waals surface area contributed by atoms with E-state index in [1.807, 2.05) is 6.26 Å². The van der Waals surface area contributed by atoms with Gasteiger partial charge in [0.1, 0.15) is 0 Å². The lowest BCUT2D eigenvalue weighted by atomic mass is 10.3. The second kappa shape index (κ2) is 6.36. The fourth-order valence-corrected chi connectivity index (χ4v) is 3.41. The Kier molecular flexibility index (Phi) is 4.81. The van der Waals surface area contributed by atoms with Crippen LogP contribution in [0.4, 0.5) is 0 Å². The van der Waals surface area contributed by atoms with Crippen molar-refractivity contribution >= 4 is 34.9 Å². The molecule has 0 aliphatic carbocycles. The van der Waals surface area contributed by atoms with Crippen molar-refractivity contribution in [2.75, 3.05) is 6.26 Å². The molecule has 0 spiro atoms. The summed E-state index contributed by atoms with van der Waals surface area (Å²) in [7, 11) is 0. The number of aromatic nitrogens is 4. The van der Waals surface area contributed by atoms with E-state index in [1.54, 1.807) is 34.9 Å². The molecule has 8 heteroatoms. The van der Waals surface area contributed by atoms with Gasteiger partial charge >= 0.3 is 0 Å². The van der Waals surface area contributed by atoms with Crippen LogP contribution in [-0.2, 0) is 12.2 Å². The molecule has 2 aromatic rings. The van der Waals surface area contributed by atoms with E-state index in [-0.39, 0.29) is 0 Å². The average molecular weight is 288 g/mol. The standard InChI is InChI=1S/C9H12N4OS3/c1-3-4-6-10-7(14-13-6)5-16-9-12-11-8(15-2)17-9/h3-5H2,1-2H3. The molecule has 0 aliphatic heterocycles. The quantitative estimate of drug-likeness (QED) is 0.757. The zero-order valence-electron chi connectivity index (χ0n) is 9.54. The van der Waals surface area contributed by atoms with Crippen LogP contribution in [0, 0.1) is 0 Å². The molecule has 2 rings (SSSR count). The first-order valence-electron chi connectivity index (χ1n) is 5.13. The van der Waals surface area contributed by atoms with Gasteiger partial charge in [0, 0.05) is 6.42 Å². The van der Waals surface area contributed by atoms with Gasteiger partial charge in [-0.15, -0.1) is 10.2 Å². The molecule has 0 saturated carbocycles. The Labute approximate surface area is 112 Å². The predicted molar refractivity (Wildman–Crippen MR) is 69.5 cm³/mol. The van der Waals surface area contributed by atoms with Crippen molar-refractivity contribution in [2.45, 2.75) is 34.2 Å². The lowest BCUT2D eigenvalue weighted by Gasteiger charge is -1.89. The molecule has 0 bridgehead atoms. The fourth-order valence-electron chi connectivity index (χ4n) is 1.14. The first-order chi connectivity index (χ1) is 8.31. The smallest absolute Gasteiger partial charge is 0.237 e. The number of rotatable bonds is 6. The van der Waals surface area contributed by atoms with Gasteiger partial charge in [0.2, 0.25) is 5.89 Å². The summed E-state index contributed by atoms with van der Waals surface area (Å²) in [4.78, 5) is 4.29. The highest BCUT2D eigenvalue weighted by atomic mass is 32.2. The highest BCUT2D eigenvalue weighted by Gasteiger charge is 2.09. The van der Waals surface area contributed by atoms with Crippen molar-refractivity contribution < 1.29 is 4.52 Å². The van der Waals surface area contributed by atoms with E-state index in [0.29, 0.717) is 11.6 Å². The molecule has 0 radical (unpaired) electrons. The maximum Gasteiger partial charge on any atom is 0.237 e. The zero-order chi connectivity index (χ0) is 12.1. The molecule has 0 fully saturated rings. The van der Waals surface area contributed by atoms with Crippen LogP contribution in [0.15, 0.2) is 13.2 Å². The van der Waals surface area contributed by atoms with Crippen LogP contribution in [0.3, 0.4) is 0 Å². The molecule has 0 saturated heterocycles. The Morgan fingerprint density at radius 1 is 1.29 bits per heavy atom. The van der Waals surface area contributed by atoms with Crippen LogP contribution in [0.5, 0.6) is 0 Å². The maximum atomic E-state index is 5.14. The number of nitrogens with zero attached hydrogens (tertiary/aromatic N) is 4. The van der Waals surface area contributed by atoms with Gasteiger partial charge in [0.05, 0.1) is 5.75 Å². The summed E-state index contributed by atoms with van der Waals surface area (Å²) >= 11 is 4.76. The van der Waals surface area contributed by atoms with Crippen molar-refractivity contribution in [1.29, 1.82) is 0 Å². The van der Waals surface area contributed by atoms with E-state index in [1.165, 1.54) is 0 Å². The fraction of sp³-hybridized carbons (Fsp3) is 0.556. The van der Waals surface area contributed by atoms with E-state index in [0.717, 1.165) is 27.3 Å². The maximum absolute atomic E-state index is 5.14. The van der Waals surface area contributed by atoms with Gasteiger partial charge in [-0.1, -0.05) is 46.9 Å². The zero-order valence-corrected chi connectivity index (χ0v) is 12.0. The molecule has 0 aromatic carbocycles. The normalized spacial score (nSPS) is 10.9. The van der Waals surface area contributed by atoms with Crippen LogP contribution in [0.2, 0.25) is 0 Å². The molecular formula is C9H12N4OS3. The Bertz CT molecular complexity index is 470. The first-order valence-corrected chi connectivity index (χ1v) is 8.16. The summed E-state index contributed by atoms with van der Waals surface area (Å²) in [5.74, 6) is 2.09.